The van der Waals surface area contributed by atoms with Crippen molar-refractivity contribution >= 4 is 11.6 Å². The highest BCUT2D eigenvalue weighted by Gasteiger charge is 2.18. The second-order valence-corrected chi connectivity index (χ2v) is 5.88. The van der Waals surface area contributed by atoms with Gasteiger partial charge < -0.3 is 10.2 Å². The van der Waals surface area contributed by atoms with E-state index in [-0.39, 0.29) is 6.04 Å². The largest absolute Gasteiger partial charge is 0.453 e. The molecule has 1 unspecified atom stereocenters. The van der Waals surface area contributed by atoms with Crippen LogP contribution in [0.2, 0.25) is 5.22 Å². The van der Waals surface area contributed by atoms with Crippen LogP contribution < -0.4 is 5.73 Å². The molecule has 2 aromatic heterocycles. The summed E-state index contributed by atoms with van der Waals surface area (Å²) in [7, 11) is 0. The summed E-state index contributed by atoms with van der Waals surface area (Å²) < 4.78 is 7.19. The lowest BCUT2D eigenvalue weighted by Gasteiger charge is -2.21. The first-order valence-corrected chi connectivity index (χ1v) is 7.64. The first kappa shape index (κ1) is 13.7. The smallest absolute Gasteiger partial charge is 0.197 e. The number of furan rings is 1. The van der Waals surface area contributed by atoms with E-state index in [2.05, 4.69) is 22.0 Å². The summed E-state index contributed by atoms with van der Waals surface area (Å²) in [6, 6.07) is 4.27. The predicted molar refractivity (Wildman–Crippen MR) is 78.7 cm³/mol. The molecule has 0 aliphatic heterocycles. The van der Waals surface area contributed by atoms with Crippen molar-refractivity contribution in [3.05, 3.63) is 41.1 Å². The van der Waals surface area contributed by atoms with Crippen molar-refractivity contribution in [2.24, 2.45) is 5.73 Å². The SMILES string of the molecule is NC(Cc1ccn(C2CCCCC2)n1)c1ccoc1Cl. The first-order valence-electron chi connectivity index (χ1n) is 7.26. The van der Waals surface area contributed by atoms with Crippen molar-refractivity contribution in [3.8, 4) is 0 Å². The fourth-order valence-electron chi connectivity index (χ4n) is 2.94. The number of nitrogens with two attached hydrogens (primary N) is 1. The van der Waals surface area contributed by atoms with Gasteiger partial charge in [-0.05, 0) is 36.6 Å². The van der Waals surface area contributed by atoms with E-state index in [4.69, 9.17) is 21.8 Å². The normalized spacial score (nSPS) is 18.3. The van der Waals surface area contributed by atoms with E-state index in [1.165, 1.54) is 32.1 Å². The molecule has 20 heavy (non-hydrogen) atoms. The molecular formula is C15H20ClN3O. The molecule has 2 N–H and O–H groups in total. The van der Waals surface area contributed by atoms with Gasteiger partial charge in [0.05, 0.1) is 18.0 Å². The van der Waals surface area contributed by atoms with Crippen LogP contribution >= 0.6 is 11.6 Å². The standard InChI is InChI=1S/C15H20ClN3O/c16-15-13(7-9-20-15)14(17)10-11-6-8-19(18-11)12-4-2-1-3-5-12/h6-9,12,14H,1-5,10,17H2. The van der Waals surface area contributed by atoms with Crippen molar-refractivity contribution < 1.29 is 4.42 Å². The minimum Gasteiger partial charge on any atom is -0.453 e. The Morgan fingerprint density at radius 1 is 1.35 bits per heavy atom. The highest BCUT2D eigenvalue weighted by Crippen LogP contribution is 2.28. The quantitative estimate of drug-likeness (QED) is 0.931. The van der Waals surface area contributed by atoms with E-state index in [0.717, 1.165) is 11.3 Å². The molecule has 0 bridgehead atoms. The van der Waals surface area contributed by atoms with Gasteiger partial charge in [0, 0.05) is 24.2 Å². The van der Waals surface area contributed by atoms with Crippen molar-refractivity contribution in [3.63, 3.8) is 0 Å². The fourth-order valence-corrected chi connectivity index (χ4v) is 3.20. The molecule has 5 heteroatoms. The van der Waals surface area contributed by atoms with Crippen molar-refractivity contribution in [1.82, 2.24) is 9.78 Å². The Balaban J connectivity index is 1.66. The third-order valence-electron chi connectivity index (χ3n) is 4.09. The van der Waals surface area contributed by atoms with Crippen LogP contribution in [0.3, 0.4) is 0 Å². The molecule has 2 aromatic rings. The Hall–Kier alpha value is -1.26. The summed E-state index contributed by atoms with van der Waals surface area (Å²) in [6.07, 6.45) is 10.8. The average Bonchev–Trinajstić information content (AvgIpc) is 3.09. The zero-order chi connectivity index (χ0) is 13.9. The third kappa shape index (κ3) is 2.91. The van der Waals surface area contributed by atoms with E-state index in [1.54, 1.807) is 6.26 Å². The van der Waals surface area contributed by atoms with Gasteiger partial charge in [-0.2, -0.15) is 5.10 Å². The first-order chi connectivity index (χ1) is 9.74. The minimum absolute atomic E-state index is 0.170. The van der Waals surface area contributed by atoms with Gasteiger partial charge in [0.25, 0.3) is 0 Å². The van der Waals surface area contributed by atoms with Crippen LogP contribution in [0.5, 0.6) is 0 Å². The molecule has 1 aliphatic rings. The Morgan fingerprint density at radius 2 is 2.15 bits per heavy atom. The number of hydrogen-bond donors (Lipinski definition) is 1. The Labute approximate surface area is 123 Å². The van der Waals surface area contributed by atoms with Crippen molar-refractivity contribution in [1.29, 1.82) is 0 Å². The summed E-state index contributed by atoms with van der Waals surface area (Å²) in [5.41, 5.74) is 8.03. The van der Waals surface area contributed by atoms with E-state index in [1.807, 2.05) is 6.07 Å². The molecule has 3 rings (SSSR count). The zero-order valence-corrected chi connectivity index (χ0v) is 12.2. The van der Waals surface area contributed by atoms with Crippen LogP contribution in [0.15, 0.2) is 29.0 Å². The zero-order valence-electron chi connectivity index (χ0n) is 11.5. The molecular weight excluding hydrogens is 274 g/mol. The molecule has 108 valence electrons. The second kappa shape index (κ2) is 6.02. The number of rotatable bonds is 4. The summed E-state index contributed by atoms with van der Waals surface area (Å²) in [4.78, 5) is 0. The lowest BCUT2D eigenvalue weighted by atomic mass is 9.96. The van der Waals surface area contributed by atoms with Gasteiger partial charge in [0.15, 0.2) is 5.22 Å². The van der Waals surface area contributed by atoms with Gasteiger partial charge in [0.1, 0.15) is 0 Å². The van der Waals surface area contributed by atoms with E-state index < -0.39 is 0 Å². The van der Waals surface area contributed by atoms with Gasteiger partial charge in [-0.25, -0.2) is 0 Å². The summed E-state index contributed by atoms with van der Waals surface area (Å²) in [5.74, 6) is 0. The predicted octanol–water partition coefficient (Wildman–Crippen LogP) is 3.88. The third-order valence-corrected chi connectivity index (χ3v) is 4.39. The number of hydrogen-bond acceptors (Lipinski definition) is 3. The topological polar surface area (TPSA) is 57.0 Å². The van der Waals surface area contributed by atoms with Crippen molar-refractivity contribution in [2.45, 2.75) is 50.6 Å². The second-order valence-electron chi connectivity index (χ2n) is 5.54. The fraction of sp³-hybridized carbons (Fsp3) is 0.533. The lowest BCUT2D eigenvalue weighted by Crippen LogP contribution is -2.15. The molecule has 0 amide bonds. The van der Waals surface area contributed by atoms with E-state index >= 15 is 0 Å². The number of halogens is 1. The van der Waals surface area contributed by atoms with Gasteiger partial charge in [-0.15, -0.1) is 0 Å². The van der Waals surface area contributed by atoms with Crippen LogP contribution in [-0.4, -0.2) is 9.78 Å². The highest BCUT2D eigenvalue weighted by molar-refractivity contribution is 6.29. The summed E-state index contributed by atoms with van der Waals surface area (Å²) in [5, 5.41) is 5.06. The lowest BCUT2D eigenvalue weighted by molar-refractivity contribution is 0.328. The van der Waals surface area contributed by atoms with Crippen LogP contribution in [0.4, 0.5) is 0 Å². The molecule has 0 aromatic carbocycles. The van der Waals surface area contributed by atoms with Crippen LogP contribution in [0.1, 0.15) is 55.4 Å². The number of aromatic nitrogens is 2. The summed E-state index contributed by atoms with van der Waals surface area (Å²) >= 11 is 5.96. The minimum atomic E-state index is -0.170. The van der Waals surface area contributed by atoms with Crippen LogP contribution in [0.25, 0.3) is 0 Å². The molecule has 2 heterocycles. The summed E-state index contributed by atoms with van der Waals surface area (Å²) in [6.45, 7) is 0. The molecule has 1 atom stereocenters. The van der Waals surface area contributed by atoms with Gasteiger partial charge in [0.2, 0.25) is 0 Å². The monoisotopic (exact) mass is 293 g/mol. The maximum atomic E-state index is 6.17. The maximum Gasteiger partial charge on any atom is 0.197 e. The van der Waals surface area contributed by atoms with Gasteiger partial charge in [-0.3, -0.25) is 4.68 Å². The Bertz CT molecular complexity index is 557. The Morgan fingerprint density at radius 3 is 2.85 bits per heavy atom. The molecule has 4 nitrogen and oxygen atoms in total. The molecule has 1 fully saturated rings. The maximum absolute atomic E-state index is 6.17. The average molecular weight is 294 g/mol. The molecule has 0 spiro atoms. The van der Waals surface area contributed by atoms with Crippen LogP contribution in [-0.2, 0) is 6.42 Å². The number of nitrogens with zero attached hydrogens (tertiary/aromatic N) is 2. The molecule has 1 saturated carbocycles. The van der Waals surface area contributed by atoms with E-state index in [0.29, 0.717) is 17.7 Å². The molecule has 1 aliphatic carbocycles. The Kier molecular flexibility index (Phi) is 4.13. The molecule has 0 radical (unpaired) electrons. The van der Waals surface area contributed by atoms with Gasteiger partial charge in [-0.1, -0.05) is 19.3 Å². The van der Waals surface area contributed by atoms with E-state index in [9.17, 15) is 0 Å². The molecule has 0 saturated heterocycles. The highest BCUT2D eigenvalue weighted by atomic mass is 35.5. The van der Waals surface area contributed by atoms with Gasteiger partial charge >= 0.3 is 0 Å². The van der Waals surface area contributed by atoms with Crippen LogP contribution in [0, 0.1) is 0 Å². The van der Waals surface area contributed by atoms with Crippen molar-refractivity contribution in [2.75, 3.05) is 0 Å².